The summed E-state index contributed by atoms with van der Waals surface area (Å²) < 4.78 is 18.8. The molecule has 0 aliphatic rings. The summed E-state index contributed by atoms with van der Waals surface area (Å²) in [5.74, 6) is -0.962. The average molecular weight is 373 g/mol. The first-order valence-electron chi connectivity index (χ1n) is 6.06. The fourth-order valence-corrected chi connectivity index (χ4v) is 2.53. The van der Waals surface area contributed by atoms with Crippen LogP contribution in [0.1, 0.15) is 11.6 Å². The number of carbonyl (C=O) groups is 1. The zero-order chi connectivity index (χ0) is 15.4. The molecule has 110 valence electrons. The SMILES string of the molecule is COC(=O)C(Nc1cccc(Cl)c1)c1cc(F)ccc1Br. The Bertz CT molecular complexity index is 666. The summed E-state index contributed by atoms with van der Waals surface area (Å²) in [7, 11) is 1.28. The monoisotopic (exact) mass is 371 g/mol. The van der Waals surface area contributed by atoms with E-state index in [1.165, 1.54) is 19.2 Å². The number of benzene rings is 2. The van der Waals surface area contributed by atoms with E-state index in [0.717, 1.165) is 0 Å². The maximum atomic E-state index is 13.5. The van der Waals surface area contributed by atoms with Crippen LogP contribution in [0.3, 0.4) is 0 Å². The molecule has 0 aromatic heterocycles. The van der Waals surface area contributed by atoms with Gasteiger partial charge in [0.05, 0.1) is 7.11 Å². The summed E-state index contributed by atoms with van der Waals surface area (Å²) in [6, 6.07) is 10.2. The molecule has 1 unspecified atom stereocenters. The van der Waals surface area contributed by atoms with Crippen LogP contribution in [0.25, 0.3) is 0 Å². The number of anilines is 1. The molecule has 0 aliphatic heterocycles. The second kappa shape index (κ2) is 6.91. The molecule has 0 radical (unpaired) electrons. The van der Waals surface area contributed by atoms with Gasteiger partial charge in [-0.25, -0.2) is 9.18 Å². The zero-order valence-corrected chi connectivity index (χ0v) is 13.4. The van der Waals surface area contributed by atoms with Crippen LogP contribution in [0.4, 0.5) is 10.1 Å². The molecule has 2 aromatic carbocycles. The Hall–Kier alpha value is -1.59. The number of halogens is 3. The number of rotatable bonds is 4. The minimum atomic E-state index is -0.849. The fourth-order valence-electron chi connectivity index (χ4n) is 1.86. The Morgan fingerprint density at radius 1 is 1.33 bits per heavy atom. The predicted octanol–water partition coefficient (Wildman–Crippen LogP) is 4.57. The Balaban J connectivity index is 2.39. The van der Waals surface area contributed by atoms with Gasteiger partial charge in [-0.1, -0.05) is 33.6 Å². The molecule has 0 saturated heterocycles. The first-order valence-corrected chi connectivity index (χ1v) is 7.23. The number of ether oxygens (including phenoxy) is 1. The summed E-state index contributed by atoms with van der Waals surface area (Å²) in [5, 5.41) is 3.53. The van der Waals surface area contributed by atoms with Crippen LogP contribution >= 0.6 is 27.5 Å². The molecule has 6 heteroatoms. The molecule has 0 heterocycles. The predicted molar refractivity (Wildman–Crippen MR) is 83.9 cm³/mol. The van der Waals surface area contributed by atoms with Crippen molar-refractivity contribution in [3.8, 4) is 0 Å². The van der Waals surface area contributed by atoms with Crippen molar-refractivity contribution in [3.63, 3.8) is 0 Å². The number of hydrogen-bond donors (Lipinski definition) is 1. The average Bonchev–Trinajstić information content (AvgIpc) is 2.47. The van der Waals surface area contributed by atoms with Crippen molar-refractivity contribution < 1.29 is 13.9 Å². The molecule has 0 aliphatic carbocycles. The molecular formula is C15H12BrClFNO2. The first kappa shape index (κ1) is 15.8. The minimum Gasteiger partial charge on any atom is -0.467 e. The Morgan fingerprint density at radius 3 is 2.76 bits per heavy atom. The fraction of sp³-hybridized carbons (Fsp3) is 0.133. The summed E-state index contributed by atoms with van der Waals surface area (Å²) in [5.41, 5.74) is 1.08. The number of nitrogens with one attached hydrogen (secondary N) is 1. The van der Waals surface area contributed by atoms with Crippen molar-refractivity contribution in [2.45, 2.75) is 6.04 Å². The standard InChI is InChI=1S/C15H12BrClFNO2/c1-21-15(20)14(12-8-10(18)5-6-13(12)16)19-11-4-2-3-9(17)7-11/h2-8,14,19H,1H3. The van der Waals surface area contributed by atoms with Crippen molar-refractivity contribution >= 4 is 39.2 Å². The minimum absolute atomic E-state index is 0.435. The van der Waals surface area contributed by atoms with Crippen LogP contribution in [0, 0.1) is 5.82 Å². The summed E-state index contributed by atoms with van der Waals surface area (Å²) in [4.78, 5) is 12.0. The number of carbonyl (C=O) groups excluding carboxylic acids is 1. The molecule has 3 nitrogen and oxygen atoms in total. The van der Waals surface area contributed by atoms with E-state index in [4.69, 9.17) is 16.3 Å². The first-order chi connectivity index (χ1) is 10.0. The molecule has 0 saturated carbocycles. The highest BCUT2D eigenvalue weighted by molar-refractivity contribution is 9.10. The smallest absolute Gasteiger partial charge is 0.333 e. The van der Waals surface area contributed by atoms with E-state index in [-0.39, 0.29) is 0 Å². The van der Waals surface area contributed by atoms with Crippen LogP contribution < -0.4 is 5.32 Å². The molecule has 0 fully saturated rings. The molecule has 1 atom stereocenters. The third kappa shape index (κ3) is 3.95. The van der Waals surface area contributed by atoms with Gasteiger partial charge in [0.1, 0.15) is 5.82 Å². The van der Waals surface area contributed by atoms with E-state index in [0.29, 0.717) is 20.7 Å². The van der Waals surface area contributed by atoms with Crippen molar-refractivity contribution in [1.29, 1.82) is 0 Å². The van der Waals surface area contributed by atoms with Gasteiger partial charge >= 0.3 is 5.97 Å². The Morgan fingerprint density at radius 2 is 2.10 bits per heavy atom. The molecule has 0 spiro atoms. The normalized spacial score (nSPS) is 11.8. The van der Waals surface area contributed by atoms with Gasteiger partial charge in [0, 0.05) is 20.7 Å². The maximum absolute atomic E-state index is 13.5. The van der Waals surface area contributed by atoms with Crippen LogP contribution in [-0.4, -0.2) is 13.1 Å². The highest BCUT2D eigenvalue weighted by Gasteiger charge is 2.24. The van der Waals surface area contributed by atoms with Crippen LogP contribution in [0.2, 0.25) is 5.02 Å². The summed E-state index contributed by atoms with van der Waals surface area (Å²) >= 11 is 9.23. The Kier molecular flexibility index (Phi) is 5.20. The Labute approximate surface area is 135 Å². The van der Waals surface area contributed by atoms with Gasteiger partial charge in [-0.3, -0.25) is 0 Å². The second-order valence-corrected chi connectivity index (χ2v) is 5.57. The topological polar surface area (TPSA) is 38.3 Å². The van der Waals surface area contributed by atoms with Gasteiger partial charge in [0.25, 0.3) is 0 Å². The van der Waals surface area contributed by atoms with Crippen LogP contribution in [0.15, 0.2) is 46.9 Å². The largest absolute Gasteiger partial charge is 0.467 e. The summed E-state index contributed by atoms with van der Waals surface area (Å²) in [6.07, 6.45) is 0. The highest BCUT2D eigenvalue weighted by atomic mass is 79.9. The van der Waals surface area contributed by atoms with Gasteiger partial charge in [-0.2, -0.15) is 0 Å². The molecule has 0 bridgehead atoms. The van der Waals surface area contributed by atoms with Crippen molar-refractivity contribution in [3.05, 3.63) is 63.3 Å². The van der Waals surface area contributed by atoms with E-state index >= 15 is 0 Å². The zero-order valence-electron chi connectivity index (χ0n) is 11.1. The number of methoxy groups -OCH3 is 1. The summed E-state index contributed by atoms with van der Waals surface area (Å²) in [6.45, 7) is 0. The van der Waals surface area contributed by atoms with Crippen molar-refractivity contribution in [1.82, 2.24) is 0 Å². The van der Waals surface area contributed by atoms with Crippen molar-refractivity contribution in [2.24, 2.45) is 0 Å². The van der Waals surface area contributed by atoms with Crippen LogP contribution in [-0.2, 0) is 9.53 Å². The highest BCUT2D eigenvalue weighted by Crippen LogP contribution is 2.29. The third-order valence-electron chi connectivity index (χ3n) is 2.84. The van der Waals surface area contributed by atoms with E-state index < -0.39 is 17.8 Å². The second-order valence-electron chi connectivity index (χ2n) is 4.28. The lowest BCUT2D eigenvalue weighted by Gasteiger charge is -2.19. The number of hydrogen-bond acceptors (Lipinski definition) is 3. The van der Waals surface area contributed by atoms with E-state index in [1.54, 1.807) is 30.3 Å². The third-order valence-corrected chi connectivity index (χ3v) is 3.80. The van der Waals surface area contributed by atoms with Gasteiger partial charge < -0.3 is 10.1 Å². The molecule has 2 rings (SSSR count). The molecule has 21 heavy (non-hydrogen) atoms. The maximum Gasteiger partial charge on any atom is 0.333 e. The van der Waals surface area contributed by atoms with E-state index in [1.807, 2.05) is 0 Å². The van der Waals surface area contributed by atoms with E-state index in [9.17, 15) is 9.18 Å². The number of esters is 1. The lowest BCUT2D eigenvalue weighted by atomic mass is 10.1. The molecular weight excluding hydrogens is 361 g/mol. The molecule has 2 aromatic rings. The molecule has 0 amide bonds. The lowest BCUT2D eigenvalue weighted by molar-refractivity contribution is -0.141. The van der Waals surface area contributed by atoms with Crippen LogP contribution in [0.5, 0.6) is 0 Å². The van der Waals surface area contributed by atoms with Gasteiger partial charge in [-0.15, -0.1) is 0 Å². The van der Waals surface area contributed by atoms with Gasteiger partial charge in [0.2, 0.25) is 0 Å². The quantitative estimate of drug-likeness (QED) is 0.799. The molecule has 1 N–H and O–H groups in total. The lowest BCUT2D eigenvalue weighted by Crippen LogP contribution is -2.23. The van der Waals surface area contributed by atoms with E-state index in [2.05, 4.69) is 21.2 Å². The van der Waals surface area contributed by atoms with Gasteiger partial charge in [-0.05, 0) is 36.4 Å². The van der Waals surface area contributed by atoms with Gasteiger partial charge in [0.15, 0.2) is 6.04 Å². The van der Waals surface area contributed by atoms with Crippen molar-refractivity contribution in [2.75, 3.05) is 12.4 Å².